The van der Waals surface area contributed by atoms with E-state index >= 15 is 0 Å². The molecule has 0 spiro atoms. The van der Waals surface area contributed by atoms with Gasteiger partial charge in [-0.2, -0.15) is 0 Å². The fraction of sp³-hybridized carbons (Fsp3) is 0.500. The highest BCUT2D eigenvalue weighted by Gasteiger charge is 2.38. The highest BCUT2D eigenvalue weighted by atomic mass is 16.7. The lowest BCUT2D eigenvalue weighted by molar-refractivity contribution is -0.0164. The van der Waals surface area contributed by atoms with Crippen LogP contribution in [0.25, 0.3) is 0 Å². The van der Waals surface area contributed by atoms with Gasteiger partial charge in [-0.25, -0.2) is 0 Å². The fourth-order valence-corrected chi connectivity index (χ4v) is 1.96. The maximum atomic E-state index is 6.09. The fourth-order valence-electron chi connectivity index (χ4n) is 1.96. The van der Waals surface area contributed by atoms with Crippen LogP contribution in [0.3, 0.4) is 0 Å². The molecule has 1 aromatic rings. The molecule has 15 heavy (non-hydrogen) atoms. The minimum Gasteiger partial charge on any atom is -0.467 e. The molecule has 0 atom stereocenters. The van der Waals surface area contributed by atoms with Crippen LogP contribution in [0.2, 0.25) is 0 Å². The van der Waals surface area contributed by atoms with Gasteiger partial charge in [0.05, 0.1) is 6.61 Å². The molecule has 3 heteroatoms. The van der Waals surface area contributed by atoms with Gasteiger partial charge in [0.25, 0.3) is 0 Å². The molecule has 2 aliphatic rings. The molecule has 1 aliphatic carbocycles. The zero-order valence-corrected chi connectivity index (χ0v) is 8.66. The van der Waals surface area contributed by atoms with E-state index in [1.54, 1.807) is 0 Å². The largest absolute Gasteiger partial charge is 0.467 e. The maximum Gasteiger partial charge on any atom is 0.189 e. The topological polar surface area (TPSA) is 44.5 Å². The molecule has 1 aromatic carbocycles. The number of nitrogens with two attached hydrogens (primary N) is 1. The molecule has 80 valence electrons. The highest BCUT2D eigenvalue weighted by Crippen LogP contribution is 2.36. The Balaban J connectivity index is 1.84. The van der Waals surface area contributed by atoms with Crippen LogP contribution in [0.15, 0.2) is 18.2 Å². The maximum absolute atomic E-state index is 6.09. The van der Waals surface area contributed by atoms with E-state index in [-0.39, 0.29) is 5.54 Å². The zero-order chi connectivity index (χ0) is 10.3. The molecule has 1 aliphatic heterocycles. The van der Waals surface area contributed by atoms with Crippen molar-refractivity contribution in [3.63, 3.8) is 0 Å². The van der Waals surface area contributed by atoms with Crippen molar-refractivity contribution in [1.82, 2.24) is 0 Å². The van der Waals surface area contributed by atoms with Crippen molar-refractivity contribution in [2.75, 3.05) is 6.79 Å². The van der Waals surface area contributed by atoms with E-state index in [4.69, 9.17) is 15.2 Å². The Kier molecular flexibility index (Phi) is 1.97. The SMILES string of the molecule is NC1(Cc2ccc3c(c2)OCOC3)CC1. The molecule has 0 saturated heterocycles. The average Bonchev–Trinajstić information content (AvgIpc) is 2.96. The summed E-state index contributed by atoms with van der Waals surface area (Å²) in [5.41, 5.74) is 8.56. The van der Waals surface area contributed by atoms with Crippen LogP contribution in [0.5, 0.6) is 5.75 Å². The molecule has 3 rings (SSSR count). The van der Waals surface area contributed by atoms with E-state index in [2.05, 4.69) is 18.2 Å². The monoisotopic (exact) mass is 205 g/mol. The van der Waals surface area contributed by atoms with Gasteiger partial charge in [-0.05, 0) is 30.9 Å². The Bertz CT molecular complexity index is 385. The van der Waals surface area contributed by atoms with E-state index in [1.165, 1.54) is 5.56 Å². The molecular formula is C12H15NO2. The third-order valence-electron chi connectivity index (χ3n) is 3.14. The van der Waals surface area contributed by atoms with Crippen LogP contribution in [0.4, 0.5) is 0 Å². The molecule has 0 amide bonds. The molecular weight excluding hydrogens is 190 g/mol. The van der Waals surface area contributed by atoms with Gasteiger partial charge in [0.2, 0.25) is 0 Å². The van der Waals surface area contributed by atoms with Crippen LogP contribution in [-0.4, -0.2) is 12.3 Å². The van der Waals surface area contributed by atoms with E-state index in [0.29, 0.717) is 13.4 Å². The normalized spacial score (nSPS) is 21.7. The third-order valence-corrected chi connectivity index (χ3v) is 3.14. The predicted molar refractivity (Wildman–Crippen MR) is 56.6 cm³/mol. The molecule has 1 fully saturated rings. The molecule has 1 saturated carbocycles. The second kappa shape index (κ2) is 3.22. The molecule has 1 heterocycles. The Morgan fingerprint density at radius 2 is 2.20 bits per heavy atom. The second-order valence-corrected chi connectivity index (χ2v) is 4.59. The van der Waals surface area contributed by atoms with Crippen molar-refractivity contribution in [1.29, 1.82) is 0 Å². The summed E-state index contributed by atoms with van der Waals surface area (Å²) in [7, 11) is 0. The highest BCUT2D eigenvalue weighted by molar-refractivity contribution is 5.39. The van der Waals surface area contributed by atoms with Crippen LogP contribution in [0.1, 0.15) is 24.0 Å². The van der Waals surface area contributed by atoms with Crippen LogP contribution >= 0.6 is 0 Å². The van der Waals surface area contributed by atoms with Gasteiger partial charge in [0.15, 0.2) is 6.79 Å². The van der Waals surface area contributed by atoms with Crippen molar-refractivity contribution in [2.45, 2.75) is 31.4 Å². The summed E-state index contributed by atoms with van der Waals surface area (Å²) in [5.74, 6) is 0.961. The number of fused-ring (bicyclic) bond motifs is 1. The van der Waals surface area contributed by atoms with Gasteiger partial charge >= 0.3 is 0 Å². The van der Waals surface area contributed by atoms with Gasteiger partial charge in [0.1, 0.15) is 5.75 Å². The molecule has 0 unspecified atom stereocenters. The summed E-state index contributed by atoms with van der Waals surface area (Å²) in [5, 5.41) is 0. The number of rotatable bonds is 2. The first kappa shape index (κ1) is 9.19. The Morgan fingerprint density at radius 1 is 1.33 bits per heavy atom. The lowest BCUT2D eigenvalue weighted by Crippen LogP contribution is -2.24. The summed E-state index contributed by atoms with van der Waals surface area (Å²) in [4.78, 5) is 0. The zero-order valence-electron chi connectivity index (χ0n) is 8.66. The van der Waals surface area contributed by atoms with Gasteiger partial charge in [-0.1, -0.05) is 12.1 Å². The van der Waals surface area contributed by atoms with E-state index in [0.717, 1.165) is 30.6 Å². The third kappa shape index (κ3) is 1.85. The predicted octanol–water partition coefficient (Wildman–Crippen LogP) is 1.59. The molecule has 0 radical (unpaired) electrons. The van der Waals surface area contributed by atoms with Gasteiger partial charge < -0.3 is 15.2 Å². The molecule has 0 aromatic heterocycles. The number of ether oxygens (including phenoxy) is 2. The first-order chi connectivity index (χ1) is 7.25. The standard InChI is InChI=1S/C12H15NO2/c13-12(3-4-12)6-9-1-2-10-7-14-8-15-11(10)5-9/h1-2,5H,3-4,6-8,13H2. The summed E-state index contributed by atoms with van der Waals surface area (Å²) < 4.78 is 10.6. The molecule has 3 nitrogen and oxygen atoms in total. The Labute approximate surface area is 89.2 Å². The van der Waals surface area contributed by atoms with Crippen molar-refractivity contribution in [2.24, 2.45) is 5.73 Å². The second-order valence-electron chi connectivity index (χ2n) is 4.59. The van der Waals surface area contributed by atoms with Crippen molar-refractivity contribution >= 4 is 0 Å². The molecule has 2 N–H and O–H groups in total. The summed E-state index contributed by atoms with van der Waals surface area (Å²) in [6, 6.07) is 6.31. The van der Waals surface area contributed by atoms with Crippen molar-refractivity contribution in [3.8, 4) is 5.75 Å². The van der Waals surface area contributed by atoms with E-state index in [1.807, 2.05) is 0 Å². The Hall–Kier alpha value is -1.06. The van der Waals surface area contributed by atoms with Crippen molar-refractivity contribution < 1.29 is 9.47 Å². The van der Waals surface area contributed by atoms with Gasteiger partial charge in [-0.3, -0.25) is 0 Å². The smallest absolute Gasteiger partial charge is 0.189 e. The quantitative estimate of drug-likeness (QED) is 0.797. The van der Waals surface area contributed by atoms with Crippen molar-refractivity contribution in [3.05, 3.63) is 29.3 Å². The minimum absolute atomic E-state index is 0.0689. The summed E-state index contributed by atoms with van der Waals surface area (Å²) in [6.45, 7) is 1.02. The van der Waals surface area contributed by atoms with Crippen LogP contribution in [-0.2, 0) is 17.8 Å². The number of hydrogen-bond acceptors (Lipinski definition) is 3. The van der Waals surface area contributed by atoms with Gasteiger partial charge in [-0.15, -0.1) is 0 Å². The Morgan fingerprint density at radius 3 is 3.00 bits per heavy atom. The number of benzene rings is 1. The summed E-state index contributed by atoms with van der Waals surface area (Å²) in [6.07, 6.45) is 3.26. The number of hydrogen-bond donors (Lipinski definition) is 1. The molecule has 0 bridgehead atoms. The van der Waals surface area contributed by atoms with Crippen LogP contribution in [0, 0.1) is 0 Å². The van der Waals surface area contributed by atoms with Gasteiger partial charge in [0, 0.05) is 11.1 Å². The minimum atomic E-state index is 0.0689. The summed E-state index contributed by atoms with van der Waals surface area (Å²) >= 11 is 0. The van der Waals surface area contributed by atoms with E-state index in [9.17, 15) is 0 Å². The van der Waals surface area contributed by atoms with Crippen LogP contribution < -0.4 is 10.5 Å². The lowest BCUT2D eigenvalue weighted by Gasteiger charge is -2.19. The lowest BCUT2D eigenvalue weighted by atomic mass is 10.0. The average molecular weight is 205 g/mol. The first-order valence-corrected chi connectivity index (χ1v) is 5.36. The first-order valence-electron chi connectivity index (χ1n) is 5.36. The van der Waals surface area contributed by atoms with E-state index < -0.39 is 0 Å².